The van der Waals surface area contributed by atoms with E-state index >= 15 is 0 Å². The second-order valence-electron chi connectivity index (χ2n) is 4.65. The number of phenols is 1. The van der Waals surface area contributed by atoms with Crippen molar-refractivity contribution in [3.8, 4) is 5.75 Å². The molecule has 1 aliphatic rings. The van der Waals surface area contributed by atoms with Crippen LogP contribution in [0.2, 0.25) is 0 Å². The molecule has 0 saturated heterocycles. The molecule has 0 unspecified atom stereocenters. The van der Waals surface area contributed by atoms with Crippen LogP contribution in [-0.4, -0.2) is 41.2 Å². The van der Waals surface area contributed by atoms with Crippen molar-refractivity contribution in [1.29, 1.82) is 0 Å². The van der Waals surface area contributed by atoms with Gasteiger partial charge >= 0.3 is 0 Å². The molecule has 20 heavy (non-hydrogen) atoms. The molecular formula is C14H16N2O4. The summed E-state index contributed by atoms with van der Waals surface area (Å²) in [6.45, 7) is 0.263. The summed E-state index contributed by atoms with van der Waals surface area (Å²) in [7, 11) is 1.50. The number of phenolic OH excluding ortho intramolecular Hbond substituents is 1. The monoisotopic (exact) mass is 276 g/mol. The number of nitrogens with one attached hydrogen (secondary N) is 1. The van der Waals surface area contributed by atoms with Crippen LogP contribution in [0, 0.1) is 0 Å². The SMILES string of the molecule is CNC(=O)[C@H](CCC=O)N1Cc2cc(O)ccc2C1=O. The Morgan fingerprint density at radius 3 is 2.95 bits per heavy atom. The molecule has 1 aromatic rings. The van der Waals surface area contributed by atoms with Crippen LogP contribution in [0.5, 0.6) is 5.75 Å². The van der Waals surface area contributed by atoms with Gasteiger partial charge in [0.2, 0.25) is 5.91 Å². The highest BCUT2D eigenvalue weighted by atomic mass is 16.3. The number of aldehydes is 1. The Balaban J connectivity index is 2.26. The lowest BCUT2D eigenvalue weighted by molar-refractivity contribution is -0.125. The fourth-order valence-corrected chi connectivity index (χ4v) is 2.40. The van der Waals surface area contributed by atoms with E-state index in [4.69, 9.17) is 0 Å². The minimum absolute atomic E-state index is 0.0859. The van der Waals surface area contributed by atoms with Gasteiger partial charge in [-0.15, -0.1) is 0 Å². The number of carbonyl (C=O) groups excluding carboxylic acids is 3. The lowest BCUT2D eigenvalue weighted by Gasteiger charge is -2.25. The lowest BCUT2D eigenvalue weighted by Crippen LogP contribution is -2.46. The average molecular weight is 276 g/mol. The number of hydrogen-bond acceptors (Lipinski definition) is 4. The normalized spacial score (nSPS) is 14.8. The quantitative estimate of drug-likeness (QED) is 0.764. The van der Waals surface area contributed by atoms with Crippen LogP contribution in [0.3, 0.4) is 0 Å². The van der Waals surface area contributed by atoms with Crippen LogP contribution < -0.4 is 5.32 Å². The van der Waals surface area contributed by atoms with Crippen LogP contribution in [0.1, 0.15) is 28.8 Å². The van der Waals surface area contributed by atoms with Crippen molar-refractivity contribution in [2.24, 2.45) is 0 Å². The maximum absolute atomic E-state index is 12.3. The lowest BCUT2D eigenvalue weighted by atomic mass is 10.1. The van der Waals surface area contributed by atoms with E-state index < -0.39 is 6.04 Å². The van der Waals surface area contributed by atoms with E-state index in [0.717, 1.165) is 6.29 Å². The number of likely N-dealkylation sites (N-methyl/N-ethyl adjacent to an activating group) is 1. The highest BCUT2D eigenvalue weighted by Gasteiger charge is 2.35. The van der Waals surface area contributed by atoms with E-state index in [1.807, 2.05) is 0 Å². The van der Waals surface area contributed by atoms with E-state index in [1.54, 1.807) is 6.07 Å². The van der Waals surface area contributed by atoms with Gasteiger partial charge < -0.3 is 20.1 Å². The Labute approximate surface area is 116 Å². The number of hydrogen-bond donors (Lipinski definition) is 2. The van der Waals surface area contributed by atoms with E-state index in [-0.39, 0.29) is 37.0 Å². The van der Waals surface area contributed by atoms with Gasteiger partial charge in [0, 0.05) is 25.6 Å². The molecule has 1 heterocycles. The predicted octanol–water partition coefficient (Wildman–Crippen LogP) is 0.442. The van der Waals surface area contributed by atoms with Crippen LogP contribution in [0.4, 0.5) is 0 Å². The average Bonchev–Trinajstić information content (AvgIpc) is 2.75. The smallest absolute Gasteiger partial charge is 0.255 e. The maximum Gasteiger partial charge on any atom is 0.255 e. The van der Waals surface area contributed by atoms with Gasteiger partial charge in [0.15, 0.2) is 0 Å². The minimum Gasteiger partial charge on any atom is -0.508 e. The van der Waals surface area contributed by atoms with Crippen LogP contribution >= 0.6 is 0 Å². The first kappa shape index (κ1) is 14.0. The number of nitrogens with zero attached hydrogens (tertiary/aromatic N) is 1. The van der Waals surface area contributed by atoms with Crippen molar-refractivity contribution < 1.29 is 19.5 Å². The molecule has 2 N–H and O–H groups in total. The molecule has 1 atom stereocenters. The van der Waals surface area contributed by atoms with Gasteiger partial charge in [0.1, 0.15) is 18.1 Å². The molecule has 6 heteroatoms. The molecule has 106 valence electrons. The molecule has 1 aliphatic heterocycles. The second kappa shape index (κ2) is 5.73. The summed E-state index contributed by atoms with van der Waals surface area (Å²) in [5.41, 5.74) is 1.18. The van der Waals surface area contributed by atoms with Gasteiger partial charge in [-0.2, -0.15) is 0 Å². The molecule has 0 bridgehead atoms. The first-order valence-electron chi connectivity index (χ1n) is 6.36. The third-order valence-corrected chi connectivity index (χ3v) is 3.40. The summed E-state index contributed by atoms with van der Waals surface area (Å²) in [4.78, 5) is 36.2. The summed E-state index contributed by atoms with van der Waals surface area (Å²) in [6, 6.07) is 3.84. The Morgan fingerprint density at radius 2 is 2.30 bits per heavy atom. The summed E-state index contributed by atoms with van der Waals surface area (Å²) < 4.78 is 0. The first-order chi connectivity index (χ1) is 9.58. The molecule has 0 radical (unpaired) electrons. The van der Waals surface area contributed by atoms with Crippen LogP contribution in [0.15, 0.2) is 18.2 Å². The molecule has 0 aliphatic carbocycles. The molecule has 0 aromatic heterocycles. The van der Waals surface area contributed by atoms with Crippen molar-refractivity contribution in [2.45, 2.75) is 25.4 Å². The van der Waals surface area contributed by atoms with Gasteiger partial charge in [-0.25, -0.2) is 0 Å². The molecule has 0 spiro atoms. The van der Waals surface area contributed by atoms with Crippen molar-refractivity contribution in [3.63, 3.8) is 0 Å². The van der Waals surface area contributed by atoms with Gasteiger partial charge in [0.05, 0.1) is 0 Å². The maximum atomic E-state index is 12.3. The van der Waals surface area contributed by atoms with Crippen LogP contribution in [-0.2, 0) is 16.1 Å². The Kier molecular flexibility index (Phi) is 4.02. The molecule has 2 amide bonds. The number of fused-ring (bicyclic) bond motifs is 1. The fourth-order valence-electron chi connectivity index (χ4n) is 2.40. The highest BCUT2D eigenvalue weighted by molar-refractivity contribution is 6.01. The van der Waals surface area contributed by atoms with E-state index in [2.05, 4.69) is 5.32 Å². The number of carbonyl (C=O) groups is 3. The Morgan fingerprint density at radius 1 is 1.55 bits per heavy atom. The number of aromatic hydroxyl groups is 1. The zero-order valence-corrected chi connectivity index (χ0v) is 11.1. The number of benzene rings is 1. The third-order valence-electron chi connectivity index (χ3n) is 3.40. The summed E-state index contributed by atoms with van der Waals surface area (Å²) >= 11 is 0. The van der Waals surface area contributed by atoms with Gasteiger partial charge in [-0.05, 0) is 30.2 Å². The third kappa shape index (κ3) is 2.49. The van der Waals surface area contributed by atoms with Gasteiger partial charge in [0.25, 0.3) is 5.91 Å². The summed E-state index contributed by atoms with van der Waals surface area (Å²) in [5, 5.41) is 12.0. The Hall–Kier alpha value is -2.37. The molecular weight excluding hydrogens is 260 g/mol. The van der Waals surface area contributed by atoms with Crippen molar-refractivity contribution in [3.05, 3.63) is 29.3 Å². The first-order valence-corrected chi connectivity index (χ1v) is 6.36. The number of rotatable bonds is 5. The topological polar surface area (TPSA) is 86.7 Å². The number of amides is 2. The standard InChI is InChI=1S/C14H16N2O4/c1-15-13(19)12(3-2-6-17)16-8-9-7-10(18)4-5-11(9)14(16)20/h4-7,12,18H,2-3,8H2,1H3,(H,15,19)/t12-/m0/s1. The molecule has 0 saturated carbocycles. The summed E-state index contributed by atoms with van der Waals surface area (Å²) in [5.74, 6) is -0.459. The van der Waals surface area contributed by atoms with E-state index in [1.165, 1.54) is 24.1 Å². The van der Waals surface area contributed by atoms with Crippen LogP contribution in [0.25, 0.3) is 0 Å². The fraction of sp³-hybridized carbons (Fsp3) is 0.357. The zero-order valence-electron chi connectivity index (χ0n) is 11.1. The van der Waals surface area contributed by atoms with Gasteiger partial charge in [-0.3, -0.25) is 9.59 Å². The van der Waals surface area contributed by atoms with E-state index in [0.29, 0.717) is 11.1 Å². The second-order valence-corrected chi connectivity index (χ2v) is 4.65. The highest BCUT2D eigenvalue weighted by Crippen LogP contribution is 2.28. The van der Waals surface area contributed by atoms with Gasteiger partial charge in [-0.1, -0.05) is 0 Å². The van der Waals surface area contributed by atoms with Crippen molar-refractivity contribution in [1.82, 2.24) is 10.2 Å². The van der Waals surface area contributed by atoms with E-state index in [9.17, 15) is 19.5 Å². The molecule has 2 rings (SSSR count). The predicted molar refractivity (Wildman–Crippen MR) is 71.1 cm³/mol. The Bertz CT molecular complexity index is 556. The zero-order chi connectivity index (χ0) is 14.7. The van der Waals surface area contributed by atoms with Crippen molar-refractivity contribution in [2.75, 3.05) is 7.05 Å². The molecule has 1 aromatic carbocycles. The summed E-state index contributed by atoms with van der Waals surface area (Å²) in [6.07, 6.45) is 1.23. The minimum atomic E-state index is -0.674. The van der Waals surface area contributed by atoms with Crippen molar-refractivity contribution >= 4 is 18.1 Å². The molecule has 6 nitrogen and oxygen atoms in total. The molecule has 0 fully saturated rings. The largest absolute Gasteiger partial charge is 0.508 e.